The number of hydrogen-bond donors (Lipinski definition) is 2. The third-order valence-electron chi connectivity index (χ3n) is 1.71. The van der Waals surface area contributed by atoms with Gasteiger partial charge in [0.15, 0.2) is 5.75 Å². The third kappa shape index (κ3) is 1.09. The summed E-state index contributed by atoms with van der Waals surface area (Å²) in [7, 11) is 0. The van der Waals surface area contributed by atoms with Gasteiger partial charge in [-0.1, -0.05) is 0 Å². The molecule has 3 nitrogen and oxygen atoms in total. The summed E-state index contributed by atoms with van der Waals surface area (Å²) >= 11 is 0. The monoisotopic (exact) mass is 162 g/mol. The molecular formula is C9H10N2O. The molecule has 0 spiro atoms. The molecule has 0 atom stereocenters. The predicted octanol–water partition coefficient (Wildman–Crippen LogP) is 1.93. The maximum Gasteiger partial charge on any atom is 0.150 e. The lowest BCUT2D eigenvalue weighted by molar-refractivity contribution is 0.423. The number of nitrogen functional groups attached to an aromatic ring is 1. The number of nitrogens with one attached hydrogen (secondary N) is 1. The van der Waals surface area contributed by atoms with E-state index in [1.807, 2.05) is 31.3 Å². The minimum Gasteiger partial charge on any atom is -0.458 e. The first-order valence-corrected chi connectivity index (χ1v) is 3.76. The third-order valence-corrected chi connectivity index (χ3v) is 1.71. The van der Waals surface area contributed by atoms with E-state index in [0.29, 0.717) is 0 Å². The number of allylic oxidation sites excluding steroid dienone is 1. The fourth-order valence-electron chi connectivity index (χ4n) is 1.13. The Morgan fingerprint density at radius 1 is 1.42 bits per heavy atom. The number of anilines is 2. The van der Waals surface area contributed by atoms with Gasteiger partial charge in [-0.3, -0.25) is 0 Å². The highest BCUT2D eigenvalue weighted by molar-refractivity contribution is 5.66. The van der Waals surface area contributed by atoms with Crippen molar-refractivity contribution < 1.29 is 4.74 Å². The summed E-state index contributed by atoms with van der Waals surface area (Å²) in [6.07, 6.45) is 1.81. The first kappa shape index (κ1) is 7.03. The second-order valence-electron chi connectivity index (χ2n) is 2.76. The molecule has 1 heterocycles. The standard InChI is InChI=1S/C9H10N2O/c1-6-5-11-8-4-7(10)2-3-9(8)12-6/h2-5,11H,10H2,1H3. The summed E-state index contributed by atoms with van der Waals surface area (Å²) in [6.45, 7) is 1.90. The van der Waals surface area contributed by atoms with E-state index in [-0.39, 0.29) is 0 Å². The first-order chi connectivity index (χ1) is 5.75. The smallest absolute Gasteiger partial charge is 0.150 e. The summed E-state index contributed by atoms with van der Waals surface area (Å²) in [4.78, 5) is 0. The molecule has 0 saturated carbocycles. The Bertz CT molecular complexity index is 344. The van der Waals surface area contributed by atoms with Crippen LogP contribution < -0.4 is 15.8 Å². The van der Waals surface area contributed by atoms with Gasteiger partial charge < -0.3 is 15.8 Å². The zero-order valence-electron chi connectivity index (χ0n) is 6.79. The van der Waals surface area contributed by atoms with Crippen LogP contribution >= 0.6 is 0 Å². The molecule has 0 aliphatic carbocycles. The van der Waals surface area contributed by atoms with Crippen molar-refractivity contribution in [2.45, 2.75) is 6.92 Å². The van der Waals surface area contributed by atoms with Gasteiger partial charge in [-0.15, -0.1) is 0 Å². The molecule has 1 aromatic rings. The van der Waals surface area contributed by atoms with Gasteiger partial charge in [-0.2, -0.15) is 0 Å². The number of fused-ring (bicyclic) bond motifs is 1. The molecule has 0 saturated heterocycles. The molecule has 0 radical (unpaired) electrons. The Morgan fingerprint density at radius 3 is 3.08 bits per heavy atom. The van der Waals surface area contributed by atoms with E-state index < -0.39 is 0 Å². The molecule has 1 aliphatic heterocycles. The van der Waals surface area contributed by atoms with Crippen molar-refractivity contribution in [3.63, 3.8) is 0 Å². The van der Waals surface area contributed by atoms with E-state index in [4.69, 9.17) is 10.5 Å². The molecule has 0 amide bonds. The van der Waals surface area contributed by atoms with Crippen molar-refractivity contribution in [3.05, 3.63) is 30.2 Å². The van der Waals surface area contributed by atoms with Gasteiger partial charge in [0.05, 0.1) is 5.69 Å². The SMILES string of the molecule is CC1=CNc2cc(N)ccc2O1. The van der Waals surface area contributed by atoms with E-state index in [1.165, 1.54) is 0 Å². The Hall–Kier alpha value is -1.64. The number of hydrogen-bond acceptors (Lipinski definition) is 3. The molecule has 1 aromatic carbocycles. The van der Waals surface area contributed by atoms with Gasteiger partial charge in [0, 0.05) is 11.9 Å². The largest absolute Gasteiger partial charge is 0.458 e. The fraction of sp³-hybridized carbons (Fsp3) is 0.111. The zero-order valence-corrected chi connectivity index (χ0v) is 6.79. The Balaban J connectivity index is 2.43. The molecule has 3 heteroatoms. The molecule has 3 N–H and O–H groups in total. The maximum atomic E-state index is 5.60. The molecule has 2 rings (SSSR count). The van der Waals surface area contributed by atoms with Crippen molar-refractivity contribution in [2.75, 3.05) is 11.1 Å². The molecule has 12 heavy (non-hydrogen) atoms. The molecule has 0 unspecified atom stereocenters. The fourth-order valence-corrected chi connectivity index (χ4v) is 1.13. The maximum absolute atomic E-state index is 5.60. The minimum absolute atomic E-state index is 0.734. The van der Waals surface area contributed by atoms with Gasteiger partial charge in [-0.25, -0.2) is 0 Å². The highest BCUT2D eigenvalue weighted by atomic mass is 16.5. The second kappa shape index (κ2) is 2.44. The summed E-state index contributed by atoms with van der Waals surface area (Å²) in [5.74, 6) is 1.68. The number of rotatable bonds is 0. The van der Waals surface area contributed by atoms with E-state index in [2.05, 4.69) is 5.32 Å². The second-order valence-corrected chi connectivity index (χ2v) is 2.76. The topological polar surface area (TPSA) is 47.3 Å². The molecular weight excluding hydrogens is 152 g/mol. The van der Waals surface area contributed by atoms with Crippen molar-refractivity contribution in [1.82, 2.24) is 0 Å². The summed E-state index contributed by atoms with van der Waals surface area (Å²) in [6, 6.07) is 5.52. The van der Waals surface area contributed by atoms with Crippen molar-refractivity contribution in [1.29, 1.82) is 0 Å². The summed E-state index contributed by atoms with van der Waals surface area (Å²) < 4.78 is 5.43. The lowest BCUT2D eigenvalue weighted by Crippen LogP contribution is -2.04. The van der Waals surface area contributed by atoms with Crippen LogP contribution in [0.4, 0.5) is 11.4 Å². The van der Waals surface area contributed by atoms with Crippen LogP contribution in [0.3, 0.4) is 0 Å². The van der Waals surface area contributed by atoms with Crippen LogP contribution in [0, 0.1) is 0 Å². The molecule has 0 bridgehead atoms. The van der Waals surface area contributed by atoms with Gasteiger partial charge in [0.1, 0.15) is 5.76 Å². The Kier molecular flexibility index (Phi) is 1.43. The van der Waals surface area contributed by atoms with Crippen LogP contribution in [-0.2, 0) is 0 Å². The average molecular weight is 162 g/mol. The van der Waals surface area contributed by atoms with E-state index >= 15 is 0 Å². The van der Waals surface area contributed by atoms with Gasteiger partial charge in [0.25, 0.3) is 0 Å². The van der Waals surface area contributed by atoms with Gasteiger partial charge >= 0.3 is 0 Å². The van der Waals surface area contributed by atoms with E-state index in [1.54, 1.807) is 0 Å². The predicted molar refractivity (Wildman–Crippen MR) is 48.9 cm³/mol. The highest BCUT2D eigenvalue weighted by Gasteiger charge is 2.08. The van der Waals surface area contributed by atoms with Crippen LogP contribution in [0.2, 0.25) is 0 Å². The van der Waals surface area contributed by atoms with Crippen LogP contribution in [0.15, 0.2) is 30.2 Å². The highest BCUT2D eigenvalue weighted by Crippen LogP contribution is 2.31. The first-order valence-electron chi connectivity index (χ1n) is 3.76. The lowest BCUT2D eigenvalue weighted by Gasteiger charge is -2.16. The Labute approximate surface area is 70.8 Å². The number of nitrogens with two attached hydrogens (primary N) is 1. The summed E-state index contributed by atoms with van der Waals surface area (Å²) in [5.41, 5.74) is 7.25. The van der Waals surface area contributed by atoms with Crippen LogP contribution in [0.1, 0.15) is 6.92 Å². The lowest BCUT2D eigenvalue weighted by atomic mass is 10.2. The van der Waals surface area contributed by atoms with Gasteiger partial charge in [-0.05, 0) is 25.1 Å². The zero-order chi connectivity index (χ0) is 8.55. The average Bonchev–Trinajstić information content (AvgIpc) is 2.05. The van der Waals surface area contributed by atoms with Crippen LogP contribution in [-0.4, -0.2) is 0 Å². The minimum atomic E-state index is 0.734. The van der Waals surface area contributed by atoms with Crippen LogP contribution in [0.5, 0.6) is 5.75 Å². The molecule has 0 fully saturated rings. The van der Waals surface area contributed by atoms with Gasteiger partial charge in [0.2, 0.25) is 0 Å². The van der Waals surface area contributed by atoms with Crippen molar-refractivity contribution in [2.24, 2.45) is 0 Å². The normalized spacial score (nSPS) is 13.9. The quantitative estimate of drug-likeness (QED) is 0.573. The molecule has 62 valence electrons. The van der Waals surface area contributed by atoms with E-state index in [0.717, 1.165) is 22.9 Å². The Morgan fingerprint density at radius 2 is 2.25 bits per heavy atom. The number of ether oxygens (including phenoxy) is 1. The van der Waals surface area contributed by atoms with Crippen molar-refractivity contribution >= 4 is 11.4 Å². The molecule has 0 aromatic heterocycles. The van der Waals surface area contributed by atoms with Crippen molar-refractivity contribution in [3.8, 4) is 5.75 Å². The van der Waals surface area contributed by atoms with Crippen LogP contribution in [0.25, 0.3) is 0 Å². The molecule has 1 aliphatic rings. The number of benzene rings is 1. The van der Waals surface area contributed by atoms with E-state index in [9.17, 15) is 0 Å². The summed E-state index contributed by atoms with van der Waals surface area (Å²) in [5, 5.41) is 3.09.